The predicted molar refractivity (Wildman–Crippen MR) is 119 cm³/mol. The lowest BCUT2D eigenvalue weighted by Crippen LogP contribution is -2.51. The quantitative estimate of drug-likeness (QED) is 0.607. The van der Waals surface area contributed by atoms with Crippen LogP contribution < -0.4 is 9.21 Å². The zero-order valence-electron chi connectivity index (χ0n) is 17.2. The van der Waals surface area contributed by atoms with Gasteiger partial charge in [0, 0.05) is 5.56 Å². The number of hydrogen-bond donors (Lipinski definition) is 0. The number of aryl methyl sites for hydroxylation is 1. The van der Waals surface area contributed by atoms with Crippen molar-refractivity contribution >= 4 is 27.3 Å². The van der Waals surface area contributed by atoms with Crippen molar-refractivity contribution in [1.29, 1.82) is 0 Å². The second-order valence-corrected chi connectivity index (χ2v) is 9.62. The molecular formula is C24H24N2O3S. The zero-order valence-corrected chi connectivity index (χ0v) is 18.0. The van der Waals surface area contributed by atoms with Crippen LogP contribution in [0.25, 0.3) is 0 Å². The highest BCUT2D eigenvalue weighted by atomic mass is 32.2. The van der Waals surface area contributed by atoms with Crippen LogP contribution in [0.2, 0.25) is 0 Å². The van der Waals surface area contributed by atoms with Gasteiger partial charge in [0.15, 0.2) is 0 Å². The van der Waals surface area contributed by atoms with E-state index >= 15 is 0 Å². The summed E-state index contributed by atoms with van der Waals surface area (Å²) in [5, 5.41) is 0. The standard InChI is InChI=1S/C24H24N2O3S/c1-17(2)23-25(24(27)19-9-5-4-6-10-19)21-11-7-8-12-22(21)26(23)30(28,29)20-15-13-18(3)14-16-20/h4-17,23H,1-3H3. The third-order valence-corrected chi connectivity index (χ3v) is 7.10. The number of rotatable bonds is 4. The molecule has 3 aromatic carbocycles. The number of para-hydroxylation sites is 2. The molecule has 30 heavy (non-hydrogen) atoms. The lowest BCUT2D eigenvalue weighted by Gasteiger charge is -2.34. The van der Waals surface area contributed by atoms with Crippen LogP contribution in [0.3, 0.4) is 0 Å². The van der Waals surface area contributed by atoms with Gasteiger partial charge in [0.2, 0.25) is 0 Å². The van der Waals surface area contributed by atoms with Crippen molar-refractivity contribution in [3.05, 3.63) is 90.0 Å². The summed E-state index contributed by atoms with van der Waals surface area (Å²) in [6.07, 6.45) is -0.665. The maximum Gasteiger partial charge on any atom is 0.266 e. The molecule has 0 radical (unpaired) electrons. The summed E-state index contributed by atoms with van der Waals surface area (Å²) in [5.74, 6) is -0.353. The van der Waals surface area contributed by atoms with Crippen molar-refractivity contribution in [3.63, 3.8) is 0 Å². The predicted octanol–water partition coefficient (Wildman–Crippen LogP) is 4.83. The van der Waals surface area contributed by atoms with Gasteiger partial charge in [0.05, 0.1) is 16.3 Å². The van der Waals surface area contributed by atoms with Crippen molar-refractivity contribution < 1.29 is 13.2 Å². The normalized spacial score (nSPS) is 16.1. The second kappa shape index (κ2) is 7.61. The van der Waals surface area contributed by atoms with Gasteiger partial charge in [-0.25, -0.2) is 12.7 Å². The fraction of sp³-hybridized carbons (Fsp3) is 0.208. The van der Waals surface area contributed by atoms with E-state index in [1.165, 1.54) is 4.31 Å². The molecule has 0 saturated carbocycles. The smallest absolute Gasteiger partial charge is 0.266 e. The minimum Gasteiger partial charge on any atom is -0.284 e. The largest absolute Gasteiger partial charge is 0.284 e. The molecule has 1 amide bonds. The van der Waals surface area contributed by atoms with Crippen molar-refractivity contribution in [2.24, 2.45) is 5.92 Å². The minimum atomic E-state index is -3.87. The molecular weight excluding hydrogens is 396 g/mol. The first kappa shape index (κ1) is 20.2. The molecule has 0 saturated heterocycles. The average Bonchev–Trinajstić information content (AvgIpc) is 3.10. The molecule has 0 bridgehead atoms. The lowest BCUT2D eigenvalue weighted by molar-refractivity contribution is 0.0974. The Morgan fingerprint density at radius 1 is 0.833 bits per heavy atom. The van der Waals surface area contributed by atoms with E-state index in [4.69, 9.17) is 0 Å². The van der Waals surface area contributed by atoms with Crippen LogP contribution in [0.5, 0.6) is 0 Å². The van der Waals surface area contributed by atoms with Gasteiger partial charge in [-0.05, 0) is 49.2 Å². The highest BCUT2D eigenvalue weighted by molar-refractivity contribution is 7.93. The summed E-state index contributed by atoms with van der Waals surface area (Å²) in [6.45, 7) is 5.78. The number of hydrogen-bond acceptors (Lipinski definition) is 3. The Bertz CT molecular complexity index is 1170. The molecule has 1 aliphatic rings. The van der Waals surface area contributed by atoms with E-state index in [1.807, 2.05) is 32.9 Å². The zero-order chi connectivity index (χ0) is 21.5. The van der Waals surface area contributed by atoms with Gasteiger partial charge in [-0.15, -0.1) is 0 Å². The number of amides is 1. The molecule has 0 N–H and O–H groups in total. The van der Waals surface area contributed by atoms with E-state index in [0.29, 0.717) is 16.9 Å². The van der Waals surface area contributed by atoms with Gasteiger partial charge in [-0.2, -0.15) is 0 Å². The Labute approximate surface area is 177 Å². The van der Waals surface area contributed by atoms with E-state index in [2.05, 4.69) is 0 Å². The number of nitrogens with zero attached hydrogens (tertiary/aromatic N) is 2. The van der Waals surface area contributed by atoms with Crippen LogP contribution >= 0.6 is 0 Å². The molecule has 0 aliphatic carbocycles. The van der Waals surface area contributed by atoms with E-state index < -0.39 is 16.2 Å². The highest BCUT2D eigenvalue weighted by Gasteiger charge is 2.47. The molecule has 3 aromatic rings. The molecule has 6 heteroatoms. The fourth-order valence-electron chi connectivity index (χ4n) is 3.86. The number of benzene rings is 3. The molecule has 154 valence electrons. The summed E-state index contributed by atoms with van der Waals surface area (Å²) in [6, 6.07) is 22.9. The maximum atomic E-state index is 13.7. The lowest BCUT2D eigenvalue weighted by atomic mass is 10.1. The molecule has 0 aromatic heterocycles. The van der Waals surface area contributed by atoms with Crippen LogP contribution in [0.4, 0.5) is 11.4 Å². The summed E-state index contributed by atoms with van der Waals surface area (Å²) >= 11 is 0. The van der Waals surface area contributed by atoms with Crippen molar-refractivity contribution in [3.8, 4) is 0 Å². The molecule has 1 aliphatic heterocycles. The monoisotopic (exact) mass is 420 g/mol. The second-order valence-electron chi connectivity index (χ2n) is 7.80. The van der Waals surface area contributed by atoms with E-state index in [9.17, 15) is 13.2 Å². The summed E-state index contributed by atoms with van der Waals surface area (Å²) in [7, 11) is -3.87. The summed E-state index contributed by atoms with van der Waals surface area (Å²) < 4.78 is 28.8. The first-order valence-electron chi connectivity index (χ1n) is 9.91. The van der Waals surface area contributed by atoms with Gasteiger partial charge in [-0.3, -0.25) is 9.69 Å². The van der Waals surface area contributed by atoms with Crippen molar-refractivity contribution in [2.75, 3.05) is 9.21 Å². The van der Waals surface area contributed by atoms with E-state index in [0.717, 1.165) is 5.56 Å². The van der Waals surface area contributed by atoms with Gasteiger partial charge < -0.3 is 0 Å². The van der Waals surface area contributed by atoms with Gasteiger partial charge in [-0.1, -0.05) is 61.9 Å². The number of sulfonamides is 1. The van der Waals surface area contributed by atoms with Crippen molar-refractivity contribution in [2.45, 2.75) is 31.8 Å². The van der Waals surface area contributed by atoms with Crippen LogP contribution in [0.1, 0.15) is 29.8 Å². The van der Waals surface area contributed by atoms with Crippen LogP contribution in [0.15, 0.2) is 83.8 Å². The molecule has 0 spiro atoms. The molecule has 4 rings (SSSR count). The highest BCUT2D eigenvalue weighted by Crippen LogP contribution is 2.45. The number of carbonyl (C=O) groups is 1. The summed E-state index contributed by atoms with van der Waals surface area (Å²) in [5.41, 5.74) is 2.62. The van der Waals surface area contributed by atoms with Crippen LogP contribution in [-0.2, 0) is 10.0 Å². The molecule has 1 heterocycles. The first-order chi connectivity index (χ1) is 14.3. The minimum absolute atomic E-state index is 0.134. The Balaban J connectivity index is 1.89. The van der Waals surface area contributed by atoms with Gasteiger partial charge >= 0.3 is 0 Å². The van der Waals surface area contributed by atoms with Crippen molar-refractivity contribution in [1.82, 2.24) is 0 Å². The molecule has 0 fully saturated rings. The third kappa shape index (κ3) is 3.27. The van der Waals surface area contributed by atoms with E-state index in [-0.39, 0.29) is 16.7 Å². The Hall–Kier alpha value is -3.12. The average molecular weight is 421 g/mol. The Kier molecular flexibility index (Phi) is 5.12. The van der Waals surface area contributed by atoms with Crippen LogP contribution in [0, 0.1) is 12.8 Å². The molecule has 1 unspecified atom stereocenters. The van der Waals surface area contributed by atoms with Gasteiger partial charge in [0.25, 0.3) is 15.9 Å². The Morgan fingerprint density at radius 3 is 2.00 bits per heavy atom. The number of fused-ring (bicyclic) bond motifs is 1. The third-order valence-electron chi connectivity index (χ3n) is 5.30. The van der Waals surface area contributed by atoms with E-state index in [1.54, 1.807) is 71.6 Å². The number of carbonyl (C=O) groups excluding carboxylic acids is 1. The summed E-state index contributed by atoms with van der Waals surface area (Å²) in [4.78, 5) is 15.3. The fourth-order valence-corrected chi connectivity index (χ4v) is 5.60. The molecule has 5 nitrogen and oxygen atoms in total. The SMILES string of the molecule is Cc1ccc(S(=O)(=O)N2c3ccccc3N(C(=O)c3ccccc3)C2C(C)C)cc1. The topological polar surface area (TPSA) is 57.7 Å². The van der Waals surface area contributed by atoms with Crippen LogP contribution in [-0.4, -0.2) is 20.5 Å². The number of anilines is 2. The van der Waals surface area contributed by atoms with Gasteiger partial charge in [0.1, 0.15) is 6.17 Å². The molecule has 1 atom stereocenters. The first-order valence-corrected chi connectivity index (χ1v) is 11.3. The maximum absolute atomic E-state index is 13.7. The Morgan fingerprint density at radius 2 is 1.40 bits per heavy atom.